The Morgan fingerprint density at radius 3 is 1.93 bits per heavy atom. The molecule has 2 aliphatic heterocycles. The van der Waals surface area contributed by atoms with Crippen LogP contribution in [0.4, 0.5) is 4.39 Å². The van der Waals surface area contributed by atoms with Gasteiger partial charge in [0.15, 0.2) is 0 Å². The molecule has 3 atom stereocenters. The van der Waals surface area contributed by atoms with Crippen molar-refractivity contribution in [3.63, 3.8) is 0 Å². The van der Waals surface area contributed by atoms with Gasteiger partial charge in [0.1, 0.15) is 5.82 Å². The number of benzene rings is 1. The lowest BCUT2D eigenvalue weighted by atomic mass is 10.1. The van der Waals surface area contributed by atoms with E-state index < -0.39 is 0 Å². The Kier molecular flexibility index (Phi) is 7.83. The molecule has 0 radical (unpaired) electrons. The van der Waals surface area contributed by atoms with Crippen molar-refractivity contribution in [3.05, 3.63) is 35.6 Å². The molecule has 0 aromatic heterocycles. The number of amides is 2. The molecule has 166 valence electrons. The Morgan fingerprint density at radius 2 is 1.37 bits per heavy atom. The number of piperazine rings is 1. The first-order chi connectivity index (χ1) is 14.4. The molecule has 2 heterocycles. The molecular weight excluding hydrogens is 383 g/mol. The van der Waals surface area contributed by atoms with Crippen LogP contribution < -0.4 is 5.32 Å². The lowest BCUT2D eigenvalue weighted by molar-refractivity contribution is -0.139. The maximum absolute atomic E-state index is 13.1. The second-order valence-electron chi connectivity index (χ2n) is 8.59. The topological polar surface area (TPSA) is 55.9 Å². The zero-order valence-electron chi connectivity index (χ0n) is 18.4. The molecule has 0 spiro atoms. The zero-order chi connectivity index (χ0) is 21.7. The molecule has 0 bridgehead atoms. The maximum Gasteiger partial charge on any atom is 0.239 e. The van der Waals surface area contributed by atoms with E-state index in [4.69, 9.17) is 0 Å². The fourth-order valence-corrected chi connectivity index (χ4v) is 4.38. The Labute approximate surface area is 179 Å². The summed E-state index contributed by atoms with van der Waals surface area (Å²) in [4.78, 5) is 31.9. The SMILES string of the molecule is CC(NC(=O)C(C)N1CCN(C(C)C(=O)N2CCCCC2)CC1)c1ccc(F)cc1. The molecule has 3 unspecified atom stereocenters. The molecule has 0 saturated carbocycles. The van der Waals surface area contributed by atoms with Crippen LogP contribution >= 0.6 is 0 Å². The lowest BCUT2D eigenvalue weighted by Gasteiger charge is -2.41. The van der Waals surface area contributed by atoms with Crippen LogP contribution in [0.25, 0.3) is 0 Å². The Bertz CT molecular complexity index is 712. The molecule has 30 heavy (non-hydrogen) atoms. The minimum absolute atomic E-state index is 0.0299. The van der Waals surface area contributed by atoms with Gasteiger partial charge < -0.3 is 10.2 Å². The van der Waals surface area contributed by atoms with Gasteiger partial charge in [-0.2, -0.15) is 0 Å². The number of hydrogen-bond acceptors (Lipinski definition) is 4. The van der Waals surface area contributed by atoms with Crippen LogP contribution in [-0.2, 0) is 9.59 Å². The van der Waals surface area contributed by atoms with Gasteiger partial charge in [0, 0.05) is 39.3 Å². The summed E-state index contributed by atoms with van der Waals surface area (Å²) >= 11 is 0. The van der Waals surface area contributed by atoms with Crippen molar-refractivity contribution in [2.45, 2.75) is 58.2 Å². The Balaban J connectivity index is 1.47. The number of rotatable bonds is 6. The van der Waals surface area contributed by atoms with E-state index in [1.165, 1.54) is 18.6 Å². The van der Waals surface area contributed by atoms with E-state index in [0.717, 1.165) is 57.7 Å². The van der Waals surface area contributed by atoms with Crippen molar-refractivity contribution in [2.75, 3.05) is 39.3 Å². The van der Waals surface area contributed by atoms with E-state index in [2.05, 4.69) is 15.1 Å². The quantitative estimate of drug-likeness (QED) is 0.771. The van der Waals surface area contributed by atoms with Gasteiger partial charge in [-0.15, -0.1) is 0 Å². The third-order valence-corrected chi connectivity index (χ3v) is 6.58. The van der Waals surface area contributed by atoms with Crippen molar-refractivity contribution in [1.29, 1.82) is 0 Å². The molecule has 1 aromatic carbocycles. The third-order valence-electron chi connectivity index (χ3n) is 6.58. The maximum atomic E-state index is 13.1. The molecule has 1 aromatic rings. The van der Waals surface area contributed by atoms with E-state index in [1.807, 2.05) is 25.7 Å². The van der Waals surface area contributed by atoms with Gasteiger partial charge in [-0.1, -0.05) is 12.1 Å². The molecule has 2 aliphatic rings. The highest BCUT2D eigenvalue weighted by atomic mass is 19.1. The molecule has 2 saturated heterocycles. The fourth-order valence-electron chi connectivity index (χ4n) is 4.38. The normalized spacial score (nSPS) is 21.7. The van der Waals surface area contributed by atoms with Gasteiger partial charge in [0.25, 0.3) is 0 Å². The average molecular weight is 419 g/mol. The van der Waals surface area contributed by atoms with E-state index in [1.54, 1.807) is 12.1 Å². The zero-order valence-corrected chi connectivity index (χ0v) is 18.4. The highest BCUT2D eigenvalue weighted by molar-refractivity contribution is 5.82. The van der Waals surface area contributed by atoms with E-state index in [-0.39, 0.29) is 35.8 Å². The number of nitrogens with zero attached hydrogens (tertiary/aromatic N) is 3. The Morgan fingerprint density at radius 1 is 0.833 bits per heavy atom. The standard InChI is InChI=1S/C23H35FN4O2/c1-17(20-7-9-21(24)10-8-20)25-22(29)18(2)26-13-15-27(16-14-26)19(3)23(30)28-11-5-4-6-12-28/h7-10,17-19H,4-6,11-16H2,1-3H3,(H,25,29). The predicted molar refractivity (Wildman–Crippen MR) is 115 cm³/mol. The van der Waals surface area contributed by atoms with E-state index in [9.17, 15) is 14.0 Å². The van der Waals surface area contributed by atoms with Crippen molar-refractivity contribution in [2.24, 2.45) is 0 Å². The minimum Gasteiger partial charge on any atom is -0.348 e. The van der Waals surface area contributed by atoms with Crippen LogP contribution in [0.15, 0.2) is 24.3 Å². The number of carbonyl (C=O) groups excluding carboxylic acids is 2. The summed E-state index contributed by atoms with van der Waals surface area (Å²) in [5, 5.41) is 3.03. The minimum atomic E-state index is -0.281. The summed E-state index contributed by atoms with van der Waals surface area (Å²) in [6.07, 6.45) is 3.43. The second kappa shape index (κ2) is 10.4. The van der Waals surface area contributed by atoms with Crippen LogP contribution in [0, 0.1) is 5.82 Å². The molecular formula is C23H35FN4O2. The van der Waals surface area contributed by atoms with Crippen molar-refractivity contribution in [3.8, 4) is 0 Å². The summed E-state index contributed by atoms with van der Waals surface area (Å²) in [6.45, 7) is 10.7. The Hall–Kier alpha value is -1.99. The van der Waals surface area contributed by atoms with E-state index in [0.29, 0.717) is 0 Å². The molecule has 7 heteroatoms. The number of carbonyl (C=O) groups is 2. The summed E-state index contributed by atoms with van der Waals surface area (Å²) in [5.74, 6) is -0.0729. The van der Waals surface area contributed by atoms with Gasteiger partial charge in [0.05, 0.1) is 18.1 Å². The van der Waals surface area contributed by atoms with Crippen LogP contribution in [0.5, 0.6) is 0 Å². The van der Waals surface area contributed by atoms with Crippen molar-refractivity contribution >= 4 is 11.8 Å². The molecule has 3 rings (SSSR count). The largest absolute Gasteiger partial charge is 0.348 e. The van der Waals surface area contributed by atoms with Gasteiger partial charge in [-0.25, -0.2) is 4.39 Å². The summed E-state index contributed by atoms with van der Waals surface area (Å²) in [5.41, 5.74) is 0.881. The third kappa shape index (κ3) is 5.58. The van der Waals surface area contributed by atoms with Gasteiger partial charge >= 0.3 is 0 Å². The first kappa shape index (κ1) is 22.7. The van der Waals surface area contributed by atoms with Gasteiger partial charge in [-0.3, -0.25) is 19.4 Å². The monoisotopic (exact) mass is 418 g/mol. The van der Waals surface area contributed by atoms with Crippen LogP contribution in [-0.4, -0.2) is 77.9 Å². The molecule has 6 nitrogen and oxygen atoms in total. The number of nitrogens with one attached hydrogen (secondary N) is 1. The van der Waals surface area contributed by atoms with Crippen LogP contribution in [0.2, 0.25) is 0 Å². The highest BCUT2D eigenvalue weighted by Crippen LogP contribution is 2.17. The highest BCUT2D eigenvalue weighted by Gasteiger charge is 2.32. The number of piperidine rings is 1. The smallest absolute Gasteiger partial charge is 0.239 e. The fraction of sp³-hybridized carbons (Fsp3) is 0.652. The second-order valence-corrected chi connectivity index (χ2v) is 8.59. The van der Waals surface area contributed by atoms with Crippen LogP contribution in [0.1, 0.15) is 51.6 Å². The van der Waals surface area contributed by atoms with Crippen molar-refractivity contribution < 1.29 is 14.0 Å². The van der Waals surface area contributed by atoms with E-state index >= 15 is 0 Å². The van der Waals surface area contributed by atoms with Gasteiger partial charge in [0.2, 0.25) is 11.8 Å². The lowest BCUT2D eigenvalue weighted by Crippen LogP contribution is -2.58. The predicted octanol–water partition coefficient (Wildman–Crippen LogP) is 2.41. The average Bonchev–Trinajstić information content (AvgIpc) is 2.78. The molecule has 0 aliphatic carbocycles. The van der Waals surface area contributed by atoms with Crippen LogP contribution in [0.3, 0.4) is 0 Å². The number of hydrogen-bond donors (Lipinski definition) is 1. The molecule has 1 N–H and O–H groups in total. The van der Waals surface area contributed by atoms with Gasteiger partial charge in [-0.05, 0) is 57.7 Å². The number of likely N-dealkylation sites (tertiary alicyclic amines) is 1. The van der Waals surface area contributed by atoms with Crippen molar-refractivity contribution in [1.82, 2.24) is 20.0 Å². The molecule has 2 amide bonds. The summed E-state index contributed by atoms with van der Waals surface area (Å²) < 4.78 is 13.1. The molecule has 2 fully saturated rings. The number of halogens is 1. The summed E-state index contributed by atoms with van der Waals surface area (Å²) in [7, 11) is 0. The summed E-state index contributed by atoms with van der Waals surface area (Å²) in [6, 6.07) is 5.69. The first-order valence-electron chi connectivity index (χ1n) is 11.2. The first-order valence-corrected chi connectivity index (χ1v) is 11.2.